The molecule has 0 saturated carbocycles. The number of phenolic OH excluding ortho intramolecular Hbond substituents is 1. The van der Waals surface area contributed by atoms with E-state index in [0.717, 1.165) is 4.68 Å². The van der Waals surface area contributed by atoms with Gasteiger partial charge in [0, 0.05) is 33.1 Å². The molecule has 2 amide bonds. The number of halogens is 1. The number of H-pyrrole nitrogens is 1. The van der Waals surface area contributed by atoms with Gasteiger partial charge in [-0.1, -0.05) is 0 Å². The van der Waals surface area contributed by atoms with E-state index in [0.29, 0.717) is 45.9 Å². The highest BCUT2D eigenvalue weighted by molar-refractivity contribution is 9.10. The quantitative estimate of drug-likeness (QED) is 0.500. The molecule has 1 aliphatic heterocycles. The summed E-state index contributed by atoms with van der Waals surface area (Å²) in [6.45, 7) is 6.28. The number of hydrogen-bond acceptors (Lipinski definition) is 7. The van der Waals surface area contributed by atoms with E-state index >= 15 is 0 Å². The second kappa shape index (κ2) is 9.97. The standard InChI is InChI=1S/C24H24BrN5O6/c1-13-10-16(11-14(2)21(13)36-17-4-5-19(32)18(25)12-17)30-24(35)26-22(33)20(27-30)23(34)29-8-6-28(7-9-29)15(3)31/h4-5,10-12,32H,6-9H2,1-3H3,(H,26,33,35). The van der Waals surface area contributed by atoms with Crippen molar-refractivity contribution in [1.82, 2.24) is 24.6 Å². The van der Waals surface area contributed by atoms with Crippen LogP contribution in [0, 0.1) is 13.8 Å². The molecule has 0 aliphatic carbocycles. The molecule has 0 radical (unpaired) electrons. The zero-order chi connectivity index (χ0) is 26.1. The maximum atomic E-state index is 13.0. The highest BCUT2D eigenvalue weighted by Gasteiger charge is 2.27. The number of hydrogen-bond donors (Lipinski definition) is 2. The molecule has 188 valence electrons. The monoisotopic (exact) mass is 557 g/mol. The largest absolute Gasteiger partial charge is 0.507 e. The molecule has 3 aromatic rings. The Morgan fingerprint density at radius 1 is 1.03 bits per heavy atom. The number of phenols is 1. The van der Waals surface area contributed by atoms with Crippen LogP contribution in [-0.4, -0.2) is 67.7 Å². The number of aromatic nitrogens is 3. The van der Waals surface area contributed by atoms with Crippen LogP contribution in [0.15, 0.2) is 44.4 Å². The minimum absolute atomic E-state index is 0.0807. The summed E-state index contributed by atoms with van der Waals surface area (Å²) in [4.78, 5) is 54.8. The maximum Gasteiger partial charge on any atom is 0.349 e. The van der Waals surface area contributed by atoms with Crippen LogP contribution in [0.5, 0.6) is 17.2 Å². The highest BCUT2D eigenvalue weighted by Crippen LogP contribution is 2.34. The Morgan fingerprint density at radius 3 is 2.22 bits per heavy atom. The Balaban J connectivity index is 1.64. The van der Waals surface area contributed by atoms with Crippen molar-refractivity contribution in [3.05, 3.63) is 72.5 Å². The Morgan fingerprint density at radius 2 is 1.64 bits per heavy atom. The molecule has 12 heteroatoms. The first-order chi connectivity index (χ1) is 17.0. The van der Waals surface area contributed by atoms with Crippen LogP contribution in [-0.2, 0) is 4.79 Å². The molecule has 2 aromatic carbocycles. The minimum Gasteiger partial charge on any atom is -0.507 e. The second-order valence-electron chi connectivity index (χ2n) is 8.44. The first kappa shape index (κ1) is 25.2. The number of rotatable bonds is 4. The van der Waals surface area contributed by atoms with Crippen molar-refractivity contribution in [2.75, 3.05) is 26.2 Å². The molecule has 1 aromatic heterocycles. The zero-order valence-corrected chi connectivity index (χ0v) is 21.5. The minimum atomic E-state index is -0.874. The van der Waals surface area contributed by atoms with Crippen LogP contribution in [0.4, 0.5) is 0 Å². The average Bonchev–Trinajstić information content (AvgIpc) is 2.83. The molecule has 0 spiro atoms. The van der Waals surface area contributed by atoms with Gasteiger partial charge in [0.05, 0.1) is 10.2 Å². The van der Waals surface area contributed by atoms with Gasteiger partial charge in [0.25, 0.3) is 11.5 Å². The van der Waals surface area contributed by atoms with E-state index in [1.54, 1.807) is 43.0 Å². The average molecular weight is 558 g/mol. The molecule has 0 atom stereocenters. The van der Waals surface area contributed by atoms with Crippen molar-refractivity contribution < 1.29 is 19.4 Å². The number of aromatic amines is 1. The molecule has 0 unspecified atom stereocenters. The number of aryl methyl sites for hydroxylation is 2. The Kier molecular flexibility index (Phi) is 6.97. The first-order valence-electron chi connectivity index (χ1n) is 11.1. The molecule has 11 nitrogen and oxygen atoms in total. The summed E-state index contributed by atoms with van der Waals surface area (Å²) >= 11 is 3.26. The van der Waals surface area contributed by atoms with E-state index in [1.165, 1.54) is 17.9 Å². The summed E-state index contributed by atoms with van der Waals surface area (Å²) in [6, 6.07) is 8.06. The second-order valence-corrected chi connectivity index (χ2v) is 9.30. The Labute approximate surface area is 214 Å². The Hall–Kier alpha value is -3.93. The van der Waals surface area contributed by atoms with Gasteiger partial charge in [0.1, 0.15) is 17.2 Å². The van der Waals surface area contributed by atoms with Gasteiger partial charge < -0.3 is 19.6 Å². The lowest BCUT2D eigenvalue weighted by Gasteiger charge is -2.33. The summed E-state index contributed by atoms with van der Waals surface area (Å²) in [5.74, 6) is 0.437. The predicted octanol–water partition coefficient (Wildman–Crippen LogP) is 2.10. The Bertz CT molecular complexity index is 1450. The van der Waals surface area contributed by atoms with Gasteiger partial charge in [-0.2, -0.15) is 9.78 Å². The lowest BCUT2D eigenvalue weighted by molar-refractivity contribution is -0.130. The third-order valence-corrected chi connectivity index (χ3v) is 6.51. The molecular weight excluding hydrogens is 534 g/mol. The van der Waals surface area contributed by atoms with Crippen molar-refractivity contribution in [3.63, 3.8) is 0 Å². The van der Waals surface area contributed by atoms with Gasteiger partial charge in [-0.25, -0.2) is 4.79 Å². The van der Waals surface area contributed by atoms with Gasteiger partial charge in [0.15, 0.2) is 0 Å². The van der Waals surface area contributed by atoms with Crippen molar-refractivity contribution in [2.45, 2.75) is 20.8 Å². The summed E-state index contributed by atoms with van der Waals surface area (Å²) < 4.78 is 7.44. The molecule has 2 heterocycles. The molecule has 1 saturated heterocycles. The third-order valence-electron chi connectivity index (χ3n) is 5.87. The van der Waals surface area contributed by atoms with Crippen LogP contribution in [0.1, 0.15) is 28.5 Å². The number of carbonyl (C=O) groups excluding carboxylic acids is 2. The van der Waals surface area contributed by atoms with Crippen LogP contribution in [0.3, 0.4) is 0 Å². The smallest absolute Gasteiger partial charge is 0.349 e. The number of aromatic hydroxyl groups is 1. The van der Waals surface area contributed by atoms with Gasteiger partial charge in [-0.05, 0) is 71.2 Å². The lowest BCUT2D eigenvalue weighted by atomic mass is 10.1. The van der Waals surface area contributed by atoms with E-state index in [2.05, 4.69) is 26.0 Å². The molecule has 4 rings (SSSR count). The molecule has 2 N–H and O–H groups in total. The summed E-state index contributed by atoms with van der Waals surface area (Å²) in [5, 5.41) is 13.8. The van der Waals surface area contributed by atoms with Crippen molar-refractivity contribution in [2.24, 2.45) is 0 Å². The van der Waals surface area contributed by atoms with Gasteiger partial charge in [0.2, 0.25) is 11.6 Å². The van der Waals surface area contributed by atoms with Crippen molar-refractivity contribution in [1.29, 1.82) is 0 Å². The number of nitrogens with zero attached hydrogens (tertiary/aromatic N) is 4. The van der Waals surface area contributed by atoms with E-state index in [-0.39, 0.29) is 24.7 Å². The van der Waals surface area contributed by atoms with Crippen LogP contribution >= 0.6 is 15.9 Å². The number of piperazine rings is 1. The van der Waals surface area contributed by atoms with Gasteiger partial charge >= 0.3 is 5.69 Å². The SMILES string of the molecule is CC(=O)N1CCN(C(=O)c2nn(-c3cc(C)c(Oc4ccc(O)c(Br)c4)c(C)c3)c(=O)[nH]c2=O)CC1. The summed E-state index contributed by atoms with van der Waals surface area (Å²) in [7, 11) is 0. The number of nitrogens with one attached hydrogen (secondary N) is 1. The van der Waals surface area contributed by atoms with Crippen LogP contribution in [0.2, 0.25) is 0 Å². The van der Waals surface area contributed by atoms with E-state index in [1.807, 2.05) is 0 Å². The number of amides is 2. The normalized spacial score (nSPS) is 13.6. The van der Waals surface area contributed by atoms with E-state index < -0.39 is 22.9 Å². The van der Waals surface area contributed by atoms with Gasteiger partial charge in [-0.3, -0.25) is 19.4 Å². The lowest BCUT2D eigenvalue weighted by Crippen LogP contribution is -2.51. The summed E-state index contributed by atoms with van der Waals surface area (Å²) in [6.07, 6.45) is 0. The molecule has 0 bridgehead atoms. The fraction of sp³-hybridized carbons (Fsp3) is 0.292. The predicted molar refractivity (Wildman–Crippen MR) is 134 cm³/mol. The summed E-state index contributed by atoms with van der Waals surface area (Å²) in [5.41, 5.74) is -0.351. The molecular formula is C24H24BrN5O6. The van der Waals surface area contributed by atoms with Crippen molar-refractivity contribution in [3.8, 4) is 22.9 Å². The van der Waals surface area contributed by atoms with E-state index in [9.17, 15) is 24.3 Å². The molecule has 1 aliphatic rings. The fourth-order valence-electron chi connectivity index (χ4n) is 3.97. The van der Waals surface area contributed by atoms with Crippen molar-refractivity contribution >= 4 is 27.7 Å². The van der Waals surface area contributed by atoms with Crippen LogP contribution < -0.4 is 16.0 Å². The third kappa shape index (κ3) is 5.03. The van der Waals surface area contributed by atoms with Gasteiger partial charge in [-0.15, -0.1) is 0 Å². The molecule has 36 heavy (non-hydrogen) atoms. The highest BCUT2D eigenvalue weighted by atomic mass is 79.9. The fourth-order valence-corrected chi connectivity index (χ4v) is 4.33. The zero-order valence-electron chi connectivity index (χ0n) is 19.9. The topological polar surface area (TPSA) is 138 Å². The van der Waals surface area contributed by atoms with Crippen LogP contribution in [0.25, 0.3) is 5.69 Å². The first-order valence-corrected chi connectivity index (χ1v) is 11.9. The number of carbonyl (C=O) groups is 2. The van der Waals surface area contributed by atoms with E-state index in [4.69, 9.17) is 4.74 Å². The molecule has 1 fully saturated rings. The number of benzene rings is 2. The maximum absolute atomic E-state index is 13.0. The number of ether oxygens (including phenoxy) is 1.